The van der Waals surface area contributed by atoms with Crippen LogP contribution in [-0.4, -0.2) is 6.54 Å². The summed E-state index contributed by atoms with van der Waals surface area (Å²) in [4.78, 5) is 0. The highest BCUT2D eigenvalue weighted by Gasteiger charge is 1.96. The van der Waals surface area contributed by atoms with Crippen molar-refractivity contribution >= 4 is 5.69 Å². The summed E-state index contributed by atoms with van der Waals surface area (Å²) in [5.74, 6) is 0. The normalized spacial score (nSPS) is 9.92. The van der Waals surface area contributed by atoms with Crippen LogP contribution in [-0.2, 0) is 6.54 Å². The zero-order valence-corrected chi connectivity index (χ0v) is 7.72. The molecule has 0 aliphatic carbocycles. The van der Waals surface area contributed by atoms with Crippen molar-refractivity contribution in [3.05, 3.63) is 29.3 Å². The Balaban J connectivity index is 2.91. The van der Waals surface area contributed by atoms with Crippen LogP contribution in [0.4, 0.5) is 5.69 Å². The van der Waals surface area contributed by atoms with E-state index in [1.165, 1.54) is 16.8 Å². The molecule has 2 nitrogen and oxygen atoms in total. The molecule has 0 amide bonds. The van der Waals surface area contributed by atoms with Crippen molar-refractivity contribution in [2.24, 2.45) is 5.73 Å². The Kier molecular flexibility index (Phi) is 3.11. The number of nitrogens with one attached hydrogen (secondary N) is 1. The Morgan fingerprint density at radius 1 is 1.42 bits per heavy atom. The van der Waals surface area contributed by atoms with Gasteiger partial charge in [-0.2, -0.15) is 0 Å². The van der Waals surface area contributed by atoms with Gasteiger partial charge in [-0.1, -0.05) is 12.1 Å². The third-order valence-electron chi connectivity index (χ3n) is 1.90. The minimum atomic E-state index is 0.610. The van der Waals surface area contributed by atoms with E-state index in [-0.39, 0.29) is 0 Å². The average Bonchev–Trinajstić information content (AvgIpc) is 2.09. The van der Waals surface area contributed by atoms with Crippen LogP contribution in [0.2, 0.25) is 0 Å². The first-order valence-corrected chi connectivity index (χ1v) is 4.31. The summed E-state index contributed by atoms with van der Waals surface area (Å²) in [5.41, 5.74) is 9.18. The monoisotopic (exact) mass is 164 g/mol. The van der Waals surface area contributed by atoms with Crippen LogP contribution in [0.5, 0.6) is 0 Å². The van der Waals surface area contributed by atoms with Gasteiger partial charge in [-0.15, -0.1) is 0 Å². The van der Waals surface area contributed by atoms with Crippen LogP contribution in [0, 0.1) is 6.92 Å². The number of nitrogens with two attached hydrogens (primary N) is 1. The number of hydrogen-bond donors (Lipinski definition) is 2. The molecular weight excluding hydrogens is 148 g/mol. The number of anilines is 1. The van der Waals surface area contributed by atoms with Gasteiger partial charge >= 0.3 is 0 Å². The Morgan fingerprint density at radius 3 is 2.75 bits per heavy atom. The van der Waals surface area contributed by atoms with E-state index in [0.717, 1.165) is 6.54 Å². The lowest BCUT2D eigenvalue weighted by molar-refractivity contribution is 1.06. The standard InChI is InChI=1S/C10H16N2/c1-3-12-10-6-9(7-11)5-4-8(10)2/h4-6,12H,3,7,11H2,1-2H3. The first kappa shape index (κ1) is 9.07. The molecule has 1 aromatic rings. The third-order valence-corrected chi connectivity index (χ3v) is 1.90. The molecule has 0 heterocycles. The molecule has 0 bridgehead atoms. The molecule has 12 heavy (non-hydrogen) atoms. The number of benzene rings is 1. The number of rotatable bonds is 3. The van der Waals surface area contributed by atoms with Crippen LogP contribution in [0.25, 0.3) is 0 Å². The van der Waals surface area contributed by atoms with Crippen LogP contribution >= 0.6 is 0 Å². The topological polar surface area (TPSA) is 38.0 Å². The second kappa shape index (κ2) is 4.12. The predicted molar refractivity (Wildman–Crippen MR) is 53.2 cm³/mol. The summed E-state index contributed by atoms with van der Waals surface area (Å²) in [6.07, 6.45) is 0. The quantitative estimate of drug-likeness (QED) is 0.716. The SMILES string of the molecule is CCNc1cc(CN)ccc1C. The summed E-state index contributed by atoms with van der Waals surface area (Å²) in [5, 5.41) is 3.29. The van der Waals surface area contributed by atoms with Crippen molar-refractivity contribution in [3.63, 3.8) is 0 Å². The Morgan fingerprint density at radius 2 is 2.17 bits per heavy atom. The van der Waals surface area contributed by atoms with Gasteiger partial charge in [0.15, 0.2) is 0 Å². The summed E-state index contributed by atoms with van der Waals surface area (Å²) >= 11 is 0. The fourth-order valence-electron chi connectivity index (χ4n) is 1.18. The van der Waals surface area contributed by atoms with Gasteiger partial charge in [0, 0.05) is 18.8 Å². The number of hydrogen-bond acceptors (Lipinski definition) is 2. The highest BCUT2D eigenvalue weighted by Crippen LogP contribution is 2.15. The van der Waals surface area contributed by atoms with Gasteiger partial charge in [-0.3, -0.25) is 0 Å². The lowest BCUT2D eigenvalue weighted by Crippen LogP contribution is -2.02. The van der Waals surface area contributed by atoms with E-state index in [0.29, 0.717) is 6.54 Å². The van der Waals surface area contributed by atoms with Crippen LogP contribution in [0.3, 0.4) is 0 Å². The smallest absolute Gasteiger partial charge is 0.0373 e. The molecule has 0 fully saturated rings. The van der Waals surface area contributed by atoms with Gasteiger partial charge < -0.3 is 11.1 Å². The summed E-state index contributed by atoms with van der Waals surface area (Å²) in [6.45, 7) is 5.75. The van der Waals surface area contributed by atoms with Gasteiger partial charge in [0.2, 0.25) is 0 Å². The third kappa shape index (κ3) is 1.98. The lowest BCUT2D eigenvalue weighted by Gasteiger charge is -2.08. The number of aryl methyl sites for hydroxylation is 1. The van der Waals surface area contributed by atoms with Gasteiger partial charge in [0.05, 0.1) is 0 Å². The minimum Gasteiger partial charge on any atom is -0.385 e. The van der Waals surface area contributed by atoms with Crippen LogP contribution in [0.15, 0.2) is 18.2 Å². The van der Waals surface area contributed by atoms with E-state index in [2.05, 4.69) is 37.4 Å². The first-order chi connectivity index (χ1) is 5.77. The van der Waals surface area contributed by atoms with E-state index < -0.39 is 0 Å². The van der Waals surface area contributed by atoms with Crippen molar-refractivity contribution in [1.82, 2.24) is 0 Å². The molecule has 66 valence electrons. The van der Waals surface area contributed by atoms with Crippen molar-refractivity contribution in [2.45, 2.75) is 20.4 Å². The molecule has 0 aromatic heterocycles. The highest BCUT2D eigenvalue weighted by molar-refractivity contribution is 5.52. The summed E-state index contributed by atoms with van der Waals surface area (Å²) < 4.78 is 0. The van der Waals surface area contributed by atoms with E-state index in [9.17, 15) is 0 Å². The molecule has 0 aliphatic rings. The van der Waals surface area contributed by atoms with Crippen molar-refractivity contribution in [3.8, 4) is 0 Å². The van der Waals surface area contributed by atoms with Crippen molar-refractivity contribution in [1.29, 1.82) is 0 Å². The molecule has 0 spiro atoms. The molecule has 1 aromatic carbocycles. The van der Waals surface area contributed by atoms with Crippen molar-refractivity contribution in [2.75, 3.05) is 11.9 Å². The lowest BCUT2D eigenvalue weighted by atomic mass is 10.1. The van der Waals surface area contributed by atoms with Gasteiger partial charge in [-0.25, -0.2) is 0 Å². The second-order valence-corrected chi connectivity index (χ2v) is 2.88. The maximum atomic E-state index is 5.54. The Hall–Kier alpha value is -1.02. The van der Waals surface area contributed by atoms with E-state index in [1.54, 1.807) is 0 Å². The Labute approximate surface area is 73.8 Å². The zero-order valence-electron chi connectivity index (χ0n) is 7.72. The first-order valence-electron chi connectivity index (χ1n) is 4.31. The molecule has 1 rings (SSSR count). The maximum absolute atomic E-state index is 5.54. The fraction of sp³-hybridized carbons (Fsp3) is 0.400. The Bertz CT molecular complexity index is 256. The van der Waals surface area contributed by atoms with Crippen LogP contribution in [0.1, 0.15) is 18.1 Å². The molecule has 0 radical (unpaired) electrons. The molecular formula is C10H16N2. The van der Waals surface area contributed by atoms with E-state index in [1.807, 2.05) is 0 Å². The van der Waals surface area contributed by atoms with E-state index >= 15 is 0 Å². The molecule has 0 saturated carbocycles. The van der Waals surface area contributed by atoms with Crippen LogP contribution < -0.4 is 11.1 Å². The molecule has 0 aliphatic heterocycles. The fourth-order valence-corrected chi connectivity index (χ4v) is 1.18. The molecule has 0 saturated heterocycles. The second-order valence-electron chi connectivity index (χ2n) is 2.88. The molecule has 0 atom stereocenters. The van der Waals surface area contributed by atoms with Gasteiger partial charge in [0.1, 0.15) is 0 Å². The molecule has 0 unspecified atom stereocenters. The van der Waals surface area contributed by atoms with E-state index in [4.69, 9.17) is 5.73 Å². The van der Waals surface area contributed by atoms with Crippen molar-refractivity contribution < 1.29 is 0 Å². The van der Waals surface area contributed by atoms with Gasteiger partial charge in [0.25, 0.3) is 0 Å². The highest BCUT2D eigenvalue weighted by atomic mass is 14.9. The summed E-state index contributed by atoms with van der Waals surface area (Å²) in [7, 11) is 0. The molecule has 3 N–H and O–H groups in total. The van der Waals surface area contributed by atoms with Gasteiger partial charge in [-0.05, 0) is 31.0 Å². The maximum Gasteiger partial charge on any atom is 0.0373 e. The summed E-state index contributed by atoms with van der Waals surface area (Å²) in [6, 6.07) is 6.27. The minimum absolute atomic E-state index is 0.610. The molecule has 2 heteroatoms. The predicted octanol–water partition coefficient (Wildman–Crippen LogP) is 1.89. The average molecular weight is 164 g/mol. The largest absolute Gasteiger partial charge is 0.385 e. The zero-order chi connectivity index (χ0) is 8.97.